The zero-order valence-corrected chi connectivity index (χ0v) is 18.1. The quantitative estimate of drug-likeness (QED) is 0.734. The van der Waals surface area contributed by atoms with Gasteiger partial charge in [-0.2, -0.15) is 0 Å². The van der Waals surface area contributed by atoms with E-state index in [1.54, 1.807) is 42.5 Å². The second-order valence-electron chi connectivity index (χ2n) is 7.77. The summed E-state index contributed by atoms with van der Waals surface area (Å²) in [5, 5.41) is 1.08. The minimum absolute atomic E-state index is 0.0163. The van der Waals surface area contributed by atoms with Crippen molar-refractivity contribution in [2.45, 2.75) is 12.5 Å². The summed E-state index contributed by atoms with van der Waals surface area (Å²) in [5.74, 6) is 0.0206. The molecule has 2 aliphatic rings. The first-order valence-corrected chi connectivity index (χ1v) is 10.8. The molecule has 2 aromatic rings. The van der Waals surface area contributed by atoms with Crippen LogP contribution in [0, 0.1) is 0 Å². The Labute approximate surface area is 186 Å². The number of likely N-dealkylation sites (tertiary alicyclic amines) is 1. The highest BCUT2D eigenvalue weighted by Crippen LogP contribution is 2.24. The minimum Gasteiger partial charge on any atom is -0.398 e. The third-order valence-corrected chi connectivity index (χ3v) is 6.50. The van der Waals surface area contributed by atoms with Crippen molar-refractivity contribution in [3.8, 4) is 0 Å². The molecule has 2 heterocycles. The van der Waals surface area contributed by atoms with Gasteiger partial charge in [0.05, 0.1) is 10.7 Å². The Morgan fingerprint density at radius 2 is 1.47 bits per heavy atom. The van der Waals surface area contributed by atoms with Crippen LogP contribution in [0.25, 0.3) is 0 Å². The van der Waals surface area contributed by atoms with Gasteiger partial charge in [0.2, 0.25) is 0 Å². The van der Waals surface area contributed by atoms with Crippen molar-refractivity contribution in [3.05, 3.63) is 63.6 Å². The molecular formula is C22H24Cl2N4O2. The zero-order chi connectivity index (χ0) is 21.3. The van der Waals surface area contributed by atoms with Crippen molar-refractivity contribution in [2.24, 2.45) is 0 Å². The monoisotopic (exact) mass is 446 g/mol. The number of amides is 2. The van der Waals surface area contributed by atoms with E-state index in [0.29, 0.717) is 52.5 Å². The zero-order valence-electron chi connectivity index (χ0n) is 16.6. The molecule has 0 radical (unpaired) electrons. The highest BCUT2D eigenvalue weighted by atomic mass is 35.5. The molecule has 0 unspecified atom stereocenters. The number of rotatable bonds is 3. The molecule has 0 aromatic heterocycles. The van der Waals surface area contributed by atoms with Crippen molar-refractivity contribution in [1.29, 1.82) is 0 Å². The first kappa shape index (κ1) is 21.0. The Hall–Kier alpha value is -2.28. The van der Waals surface area contributed by atoms with Crippen LogP contribution in [-0.4, -0.2) is 71.8 Å². The second-order valence-corrected chi connectivity index (χ2v) is 8.61. The number of halogens is 2. The van der Waals surface area contributed by atoms with E-state index in [1.807, 2.05) is 9.80 Å². The van der Waals surface area contributed by atoms with E-state index in [-0.39, 0.29) is 11.8 Å². The Balaban J connectivity index is 1.31. The Morgan fingerprint density at radius 1 is 0.833 bits per heavy atom. The fourth-order valence-electron chi connectivity index (χ4n) is 4.15. The number of nitrogen functional groups attached to an aromatic ring is 1. The topological polar surface area (TPSA) is 69.9 Å². The highest BCUT2D eigenvalue weighted by molar-refractivity contribution is 6.33. The van der Waals surface area contributed by atoms with E-state index in [0.717, 1.165) is 26.1 Å². The number of anilines is 1. The van der Waals surface area contributed by atoms with E-state index in [2.05, 4.69) is 4.90 Å². The third kappa shape index (κ3) is 4.41. The highest BCUT2D eigenvalue weighted by Gasteiger charge is 2.33. The van der Waals surface area contributed by atoms with Crippen LogP contribution in [0.15, 0.2) is 42.5 Å². The summed E-state index contributed by atoms with van der Waals surface area (Å²) in [4.78, 5) is 31.6. The Bertz CT molecular complexity index is 943. The van der Waals surface area contributed by atoms with E-state index >= 15 is 0 Å². The summed E-state index contributed by atoms with van der Waals surface area (Å²) in [6.07, 6.45) is 0.930. The molecule has 0 bridgehead atoms. The molecule has 0 aliphatic carbocycles. The van der Waals surface area contributed by atoms with Gasteiger partial charge in [0.25, 0.3) is 11.8 Å². The normalized spacial score (nSPS) is 19.9. The number of nitrogens with zero attached hydrogens (tertiary/aromatic N) is 3. The fourth-order valence-corrected chi connectivity index (χ4v) is 4.39. The molecule has 0 spiro atoms. The molecule has 2 saturated heterocycles. The minimum atomic E-state index is -0.0163. The molecule has 4 rings (SSSR count). The lowest BCUT2D eigenvalue weighted by Crippen LogP contribution is -2.52. The van der Waals surface area contributed by atoms with Crippen molar-refractivity contribution in [1.82, 2.24) is 14.7 Å². The molecule has 2 fully saturated rings. The van der Waals surface area contributed by atoms with Crippen molar-refractivity contribution in [3.63, 3.8) is 0 Å². The molecular weight excluding hydrogens is 423 g/mol. The Morgan fingerprint density at radius 3 is 2.13 bits per heavy atom. The predicted molar refractivity (Wildman–Crippen MR) is 119 cm³/mol. The fraction of sp³-hybridized carbons (Fsp3) is 0.364. The summed E-state index contributed by atoms with van der Waals surface area (Å²) in [6.45, 7) is 4.38. The molecule has 2 aliphatic heterocycles. The van der Waals surface area contributed by atoms with Crippen LogP contribution in [0.5, 0.6) is 0 Å². The van der Waals surface area contributed by atoms with E-state index in [4.69, 9.17) is 28.9 Å². The molecule has 6 nitrogen and oxygen atoms in total. The van der Waals surface area contributed by atoms with Gasteiger partial charge < -0.3 is 15.5 Å². The standard InChI is InChI=1S/C22H24Cl2N4O2/c23-17-4-1-15(2-5-17)21(29)27-11-9-26(10-12-27)18-7-8-28(14-18)22(30)16-3-6-19(24)20(25)13-16/h1-6,13,18H,7-12,14,25H2/t18-/m0/s1. The maximum atomic E-state index is 12.8. The van der Waals surface area contributed by atoms with Crippen LogP contribution >= 0.6 is 23.2 Å². The first-order valence-electron chi connectivity index (χ1n) is 10.1. The molecule has 2 aromatic carbocycles. The molecule has 30 heavy (non-hydrogen) atoms. The molecule has 8 heteroatoms. The van der Waals surface area contributed by atoms with Gasteiger partial charge in [0.1, 0.15) is 0 Å². The number of carbonyl (C=O) groups is 2. The molecule has 1 atom stereocenters. The maximum Gasteiger partial charge on any atom is 0.253 e. The van der Waals surface area contributed by atoms with Gasteiger partial charge in [-0.05, 0) is 48.9 Å². The smallest absolute Gasteiger partial charge is 0.253 e. The van der Waals surface area contributed by atoms with Gasteiger partial charge >= 0.3 is 0 Å². The Kier molecular flexibility index (Phi) is 6.18. The van der Waals surface area contributed by atoms with Crippen LogP contribution in [0.2, 0.25) is 10.0 Å². The summed E-state index contributed by atoms with van der Waals surface area (Å²) in [6, 6.07) is 12.3. The lowest BCUT2D eigenvalue weighted by atomic mass is 10.1. The lowest BCUT2D eigenvalue weighted by molar-refractivity contribution is 0.0568. The lowest BCUT2D eigenvalue weighted by Gasteiger charge is -2.38. The molecule has 2 N–H and O–H groups in total. The van der Waals surface area contributed by atoms with Crippen LogP contribution in [-0.2, 0) is 0 Å². The predicted octanol–water partition coefficient (Wildman–Crippen LogP) is 3.25. The van der Waals surface area contributed by atoms with E-state index in [1.165, 1.54) is 0 Å². The van der Waals surface area contributed by atoms with E-state index < -0.39 is 0 Å². The number of carbonyl (C=O) groups excluding carboxylic acids is 2. The molecule has 158 valence electrons. The second kappa shape index (κ2) is 8.84. The maximum absolute atomic E-state index is 12.8. The van der Waals surface area contributed by atoms with E-state index in [9.17, 15) is 9.59 Å². The van der Waals surface area contributed by atoms with Gasteiger partial charge in [0.15, 0.2) is 0 Å². The summed E-state index contributed by atoms with van der Waals surface area (Å²) < 4.78 is 0. The van der Waals surface area contributed by atoms with Crippen molar-refractivity contribution < 1.29 is 9.59 Å². The first-order chi connectivity index (χ1) is 14.4. The molecule has 0 saturated carbocycles. The third-order valence-electron chi connectivity index (χ3n) is 5.90. The summed E-state index contributed by atoms with van der Waals surface area (Å²) in [7, 11) is 0. The average molecular weight is 447 g/mol. The number of hydrogen-bond donors (Lipinski definition) is 1. The number of piperazine rings is 1. The number of nitrogens with two attached hydrogens (primary N) is 1. The number of benzene rings is 2. The van der Waals surface area contributed by atoms with Crippen molar-refractivity contribution in [2.75, 3.05) is 45.0 Å². The SMILES string of the molecule is Nc1cc(C(=O)N2CC[C@H](N3CCN(C(=O)c4ccc(Cl)cc4)CC3)C2)ccc1Cl. The van der Waals surface area contributed by atoms with Crippen LogP contribution in [0.3, 0.4) is 0 Å². The van der Waals surface area contributed by atoms with Crippen LogP contribution in [0.1, 0.15) is 27.1 Å². The van der Waals surface area contributed by atoms with Gasteiger partial charge in [-0.15, -0.1) is 0 Å². The van der Waals surface area contributed by atoms with Crippen molar-refractivity contribution >= 4 is 40.7 Å². The van der Waals surface area contributed by atoms with Crippen LogP contribution in [0.4, 0.5) is 5.69 Å². The summed E-state index contributed by atoms with van der Waals surface area (Å²) >= 11 is 11.9. The number of hydrogen-bond acceptors (Lipinski definition) is 4. The average Bonchev–Trinajstić information content (AvgIpc) is 3.25. The van der Waals surface area contributed by atoms with Crippen LogP contribution < -0.4 is 5.73 Å². The van der Waals surface area contributed by atoms with Gasteiger partial charge in [-0.1, -0.05) is 23.2 Å². The van der Waals surface area contributed by atoms with Gasteiger partial charge in [-0.3, -0.25) is 14.5 Å². The summed E-state index contributed by atoms with van der Waals surface area (Å²) in [5.41, 5.74) is 7.48. The van der Waals surface area contributed by atoms with Gasteiger partial charge in [-0.25, -0.2) is 0 Å². The van der Waals surface area contributed by atoms with Gasteiger partial charge in [0, 0.05) is 61.5 Å². The largest absolute Gasteiger partial charge is 0.398 e. The molecule has 2 amide bonds.